The van der Waals surface area contributed by atoms with E-state index in [1.807, 2.05) is 55.5 Å². The van der Waals surface area contributed by atoms with E-state index in [0.717, 1.165) is 27.5 Å². The van der Waals surface area contributed by atoms with E-state index in [4.69, 9.17) is 17.8 Å². The van der Waals surface area contributed by atoms with Gasteiger partial charge in [0.1, 0.15) is 18.2 Å². The molecule has 0 saturated carbocycles. The number of fused-ring (bicyclic) bond motifs is 3. The number of hydrogen-bond acceptors (Lipinski definition) is 1. The van der Waals surface area contributed by atoms with Crippen molar-refractivity contribution < 1.29 is 17.2 Å². The number of pyridine rings is 1. The van der Waals surface area contributed by atoms with Crippen LogP contribution in [-0.2, 0) is 13.4 Å². The van der Waals surface area contributed by atoms with Crippen LogP contribution in [0.15, 0.2) is 65.1 Å². The molecule has 5 rings (SSSR count). The smallest absolute Gasteiger partial charge is 0.229 e. The first-order chi connectivity index (χ1) is 19.2. The maximum atomic E-state index is 9.39. The van der Waals surface area contributed by atoms with Crippen LogP contribution in [0, 0.1) is 33.2 Å². The standard InChI is InChI=1S/C32H31N2O/c1-19(2)16-24-18-28(34(7)22(5)21(24)4)29-20(3)17-26(23-12-9-8-10-13-23)30-25-14-11-15-27(33-6)31(25)35-32(29)30/h8-15,17-19H,16H2,1-5,7H3/q+1/i4D3,16D2,18D. The molecule has 0 fully saturated rings. The first-order valence-electron chi connectivity index (χ1n) is 14.7. The average Bonchev–Trinajstić information content (AvgIpc) is 3.30. The molecule has 3 heteroatoms. The Morgan fingerprint density at radius 2 is 1.89 bits per heavy atom. The van der Waals surface area contributed by atoms with Crippen molar-refractivity contribution in [1.29, 1.82) is 0 Å². The van der Waals surface area contributed by atoms with Crippen molar-refractivity contribution in [3.05, 3.63) is 94.4 Å². The van der Waals surface area contributed by atoms with Crippen molar-refractivity contribution in [2.24, 2.45) is 13.0 Å². The first kappa shape index (κ1) is 16.7. The lowest BCUT2D eigenvalue weighted by Crippen LogP contribution is -2.36. The van der Waals surface area contributed by atoms with Gasteiger partial charge in [0.05, 0.1) is 13.5 Å². The quantitative estimate of drug-likeness (QED) is 0.193. The van der Waals surface area contributed by atoms with E-state index in [2.05, 4.69) is 4.85 Å². The summed E-state index contributed by atoms with van der Waals surface area (Å²) in [6.07, 6.45) is -2.09. The van der Waals surface area contributed by atoms with Gasteiger partial charge in [0.15, 0.2) is 5.69 Å². The number of furan rings is 1. The van der Waals surface area contributed by atoms with Crippen LogP contribution >= 0.6 is 0 Å². The Labute approximate surface area is 215 Å². The number of rotatable bonds is 4. The third-order valence-corrected chi connectivity index (χ3v) is 6.52. The van der Waals surface area contributed by atoms with E-state index in [1.54, 1.807) is 38.5 Å². The Morgan fingerprint density at radius 1 is 1.11 bits per heavy atom. The fourth-order valence-corrected chi connectivity index (χ4v) is 4.72. The van der Waals surface area contributed by atoms with Crippen molar-refractivity contribution in [1.82, 2.24) is 0 Å². The van der Waals surface area contributed by atoms with Gasteiger partial charge in [-0.2, -0.15) is 4.57 Å². The van der Waals surface area contributed by atoms with Crippen molar-refractivity contribution in [3.63, 3.8) is 0 Å². The van der Waals surface area contributed by atoms with Gasteiger partial charge < -0.3 is 4.42 Å². The summed E-state index contributed by atoms with van der Waals surface area (Å²) in [4.78, 5) is 3.68. The molecule has 0 N–H and O–H groups in total. The largest absolute Gasteiger partial charge is 0.466 e. The van der Waals surface area contributed by atoms with E-state index < -0.39 is 19.1 Å². The highest BCUT2D eigenvalue weighted by Gasteiger charge is 2.27. The lowest BCUT2D eigenvalue weighted by atomic mass is 9.90. The topological polar surface area (TPSA) is 21.4 Å². The third kappa shape index (κ3) is 3.70. The molecule has 0 radical (unpaired) electrons. The predicted molar refractivity (Wildman–Crippen MR) is 145 cm³/mol. The molecule has 3 nitrogen and oxygen atoms in total. The molecule has 0 aliphatic carbocycles. The molecule has 35 heavy (non-hydrogen) atoms. The second-order valence-electron chi connectivity index (χ2n) is 9.22. The first-order valence-corrected chi connectivity index (χ1v) is 11.7. The van der Waals surface area contributed by atoms with Crippen LogP contribution in [0.4, 0.5) is 5.69 Å². The van der Waals surface area contributed by atoms with Crippen LogP contribution in [0.25, 0.3) is 49.2 Å². The van der Waals surface area contributed by atoms with Crippen LogP contribution in [0.1, 0.15) is 44.5 Å². The molecule has 0 unspecified atom stereocenters. The molecular weight excluding hydrogens is 428 g/mol. The monoisotopic (exact) mass is 465 g/mol. The zero-order valence-electron chi connectivity index (χ0n) is 26.6. The van der Waals surface area contributed by atoms with E-state index >= 15 is 0 Å². The molecule has 0 spiro atoms. The number of aromatic nitrogens is 1. The van der Waals surface area contributed by atoms with Gasteiger partial charge in [-0.1, -0.05) is 62.4 Å². The molecule has 0 aliphatic rings. The number of hydrogen-bond donors (Lipinski definition) is 0. The van der Waals surface area contributed by atoms with Crippen molar-refractivity contribution in [2.75, 3.05) is 0 Å². The maximum Gasteiger partial charge on any atom is 0.229 e. The van der Waals surface area contributed by atoms with Crippen molar-refractivity contribution >= 4 is 27.6 Å². The summed E-state index contributed by atoms with van der Waals surface area (Å²) in [5, 5.41) is 1.54. The third-order valence-electron chi connectivity index (χ3n) is 6.52. The zero-order chi connectivity index (χ0) is 30.0. The van der Waals surface area contributed by atoms with Gasteiger partial charge in [-0.05, 0) is 54.4 Å². The Hall–Kier alpha value is -3.90. The molecule has 0 aliphatic heterocycles. The fraction of sp³-hybridized carbons (Fsp3) is 0.250. The van der Waals surface area contributed by atoms with Crippen molar-refractivity contribution in [2.45, 2.75) is 40.9 Å². The average molecular weight is 466 g/mol. The molecule has 0 bridgehead atoms. The summed E-state index contributed by atoms with van der Waals surface area (Å²) >= 11 is 0. The van der Waals surface area contributed by atoms with E-state index in [0.29, 0.717) is 33.8 Å². The molecule has 2 aromatic heterocycles. The SMILES string of the molecule is [2H]c1c(C([2H])([2H])C(C)C)c(C([2H])([2H])[2H])c(C)[n+](C)c1-c1c(C)cc(-c2ccccc2)c2c1oc1c([N+]#[C-])cccc12. The van der Waals surface area contributed by atoms with Crippen LogP contribution in [-0.4, -0.2) is 0 Å². The Morgan fingerprint density at radius 3 is 2.57 bits per heavy atom. The minimum absolute atomic E-state index is 0.129. The molecular formula is C32H31N2O+. The maximum absolute atomic E-state index is 9.39. The molecule has 174 valence electrons. The normalized spacial score (nSPS) is 14.8. The number of nitrogens with zero attached hydrogens (tertiary/aromatic N) is 2. The second-order valence-corrected chi connectivity index (χ2v) is 9.22. The Bertz CT molecular complexity index is 1880. The van der Waals surface area contributed by atoms with Gasteiger partial charge in [-0.15, -0.1) is 0 Å². The predicted octanol–water partition coefficient (Wildman–Crippen LogP) is 8.42. The van der Waals surface area contributed by atoms with Crippen molar-refractivity contribution in [3.8, 4) is 22.4 Å². The summed E-state index contributed by atoms with van der Waals surface area (Å²) in [6.45, 7) is 12.0. The van der Waals surface area contributed by atoms with Crippen LogP contribution in [0.3, 0.4) is 0 Å². The van der Waals surface area contributed by atoms with Crippen LogP contribution in [0.5, 0.6) is 0 Å². The number of para-hydroxylation sites is 1. The lowest BCUT2D eigenvalue weighted by Gasteiger charge is -2.15. The van der Waals surface area contributed by atoms with E-state index in [9.17, 15) is 1.37 Å². The Kier molecular flexibility index (Phi) is 4.15. The fourth-order valence-electron chi connectivity index (χ4n) is 4.72. The van der Waals surface area contributed by atoms with E-state index in [1.165, 1.54) is 0 Å². The summed E-state index contributed by atoms with van der Waals surface area (Å²) < 4.78 is 60.3. The van der Waals surface area contributed by atoms with E-state index in [-0.39, 0.29) is 17.2 Å². The molecule has 0 amide bonds. The van der Waals surface area contributed by atoms with Gasteiger partial charge in [-0.25, -0.2) is 4.85 Å². The van der Waals surface area contributed by atoms with Gasteiger partial charge in [-0.3, -0.25) is 0 Å². The zero-order valence-corrected chi connectivity index (χ0v) is 20.6. The summed E-state index contributed by atoms with van der Waals surface area (Å²) in [7, 11) is 1.70. The van der Waals surface area contributed by atoms with Crippen LogP contribution in [0.2, 0.25) is 0 Å². The van der Waals surface area contributed by atoms with Gasteiger partial charge >= 0.3 is 0 Å². The molecule has 0 saturated heterocycles. The van der Waals surface area contributed by atoms with Crippen LogP contribution < -0.4 is 4.57 Å². The highest BCUT2D eigenvalue weighted by molar-refractivity contribution is 6.18. The minimum atomic E-state index is -2.63. The Balaban J connectivity index is 2.03. The molecule has 3 aromatic carbocycles. The molecule has 5 aromatic rings. The van der Waals surface area contributed by atoms with Gasteiger partial charge in [0, 0.05) is 36.2 Å². The van der Waals surface area contributed by atoms with Gasteiger partial charge in [0.2, 0.25) is 11.4 Å². The van der Waals surface area contributed by atoms with Gasteiger partial charge in [0.25, 0.3) is 0 Å². The summed E-state index contributed by atoms with van der Waals surface area (Å²) in [6, 6.07) is 17.1. The summed E-state index contributed by atoms with van der Waals surface area (Å²) in [5.41, 5.74) is 4.94. The summed E-state index contributed by atoms with van der Waals surface area (Å²) in [5.74, 6) is -0.582. The second kappa shape index (κ2) is 8.71. The minimum Gasteiger partial charge on any atom is -0.466 e. The number of benzene rings is 3. The number of aryl methyl sites for hydroxylation is 1. The molecule has 0 atom stereocenters. The molecule has 2 heterocycles. The lowest BCUT2D eigenvalue weighted by molar-refractivity contribution is -0.667. The highest BCUT2D eigenvalue weighted by Crippen LogP contribution is 2.45. The highest BCUT2D eigenvalue weighted by atomic mass is 16.3.